The molecule has 0 aliphatic heterocycles. The minimum Gasteiger partial charge on any atom is -0.492 e. The summed E-state index contributed by atoms with van der Waals surface area (Å²) in [6, 6.07) is 7.73. The topological polar surface area (TPSA) is 101 Å². The predicted molar refractivity (Wildman–Crippen MR) is 137 cm³/mol. The Balaban J connectivity index is 1.40. The third-order valence-corrected chi connectivity index (χ3v) is 5.56. The van der Waals surface area contributed by atoms with E-state index in [0.29, 0.717) is 24.5 Å². The Hall–Kier alpha value is -3.95. The van der Waals surface area contributed by atoms with Gasteiger partial charge in [0.2, 0.25) is 11.8 Å². The molecule has 0 spiro atoms. The number of carbonyl (C=O) groups excluding carboxylic acids is 2. The zero-order valence-electron chi connectivity index (χ0n) is 21.1. The number of likely N-dealkylation sites (N-methyl/N-ethyl adjacent to an activating group) is 1. The SMILES string of the molecule is Cc1ccc(OCCN(C)C(=O)Cn2cc(NC(=O)CCNc3c(F)cncc3C(C)C)cn2)cc1. The number of hydrogen-bond donors (Lipinski definition) is 2. The van der Waals surface area contributed by atoms with Crippen LogP contribution in [-0.2, 0) is 16.1 Å². The highest BCUT2D eigenvalue weighted by molar-refractivity contribution is 5.90. The summed E-state index contributed by atoms with van der Waals surface area (Å²) in [7, 11) is 1.70. The molecule has 0 fully saturated rings. The van der Waals surface area contributed by atoms with E-state index in [0.717, 1.165) is 23.1 Å². The third kappa shape index (κ3) is 7.79. The first-order chi connectivity index (χ1) is 17.2. The Morgan fingerprint density at radius 1 is 1.17 bits per heavy atom. The van der Waals surface area contributed by atoms with Crippen molar-refractivity contribution in [1.29, 1.82) is 0 Å². The number of aromatic nitrogens is 3. The maximum absolute atomic E-state index is 14.1. The van der Waals surface area contributed by atoms with Crippen LogP contribution in [-0.4, -0.2) is 58.2 Å². The molecule has 0 radical (unpaired) electrons. The monoisotopic (exact) mass is 496 g/mol. The molecule has 0 saturated carbocycles. The number of ether oxygens (including phenoxy) is 1. The number of carbonyl (C=O) groups is 2. The van der Waals surface area contributed by atoms with Crippen molar-refractivity contribution in [2.24, 2.45) is 0 Å². The van der Waals surface area contributed by atoms with Crippen LogP contribution < -0.4 is 15.4 Å². The number of anilines is 2. The largest absolute Gasteiger partial charge is 0.492 e. The van der Waals surface area contributed by atoms with Crippen LogP contribution in [0.3, 0.4) is 0 Å². The zero-order valence-corrected chi connectivity index (χ0v) is 21.1. The number of benzene rings is 1. The van der Waals surface area contributed by atoms with E-state index in [4.69, 9.17) is 4.74 Å². The number of pyridine rings is 1. The molecule has 2 aromatic heterocycles. The van der Waals surface area contributed by atoms with E-state index >= 15 is 0 Å². The normalized spacial score (nSPS) is 10.8. The molecule has 36 heavy (non-hydrogen) atoms. The minimum absolute atomic E-state index is 0.0394. The summed E-state index contributed by atoms with van der Waals surface area (Å²) >= 11 is 0. The number of nitrogens with one attached hydrogen (secondary N) is 2. The van der Waals surface area contributed by atoms with E-state index in [-0.39, 0.29) is 37.2 Å². The average molecular weight is 497 g/mol. The highest BCUT2D eigenvalue weighted by atomic mass is 19.1. The first-order valence-corrected chi connectivity index (χ1v) is 11.9. The summed E-state index contributed by atoms with van der Waals surface area (Å²) in [6.45, 7) is 7.02. The lowest BCUT2D eigenvalue weighted by molar-refractivity contribution is -0.131. The first kappa shape index (κ1) is 26.7. The maximum atomic E-state index is 14.1. The lowest BCUT2D eigenvalue weighted by Gasteiger charge is -2.17. The summed E-state index contributed by atoms with van der Waals surface area (Å²) in [5, 5.41) is 9.89. The van der Waals surface area contributed by atoms with E-state index in [9.17, 15) is 14.0 Å². The second kappa shape index (κ2) is 12.7. The number of nitrogens with zero attached hydrogens (tertiary/aromatic N) is 4. The number of amides is 2. The Labute approximate surface area is 210 Å². The molecule has 1 aromatic carbocycles. The summed E-state index contributed by atoms with van der Waals surface area (Å²) in [5.74, 6) is 0.0276. The van der Waals surface area contributed by atoms with Crippen LogP contribution in [0.1, 0.15) is 37.3 Å². The van der Waals surface area contributed by atoms with Crippen LogP contribution in [0.4, 0.5) is 15.8 Å². The number of halogens is 1. The van der Waals surface area contributed by atoms with Gasteiger partial charge in [-0.1, -0.05) is 31.5 Å². The average Bonchev–Trinajstić information content (AvgIpc) is 3.27. The fraction of sp³-hybridized carbons (Fsp3) is 0.385. The van der Waals surface area contributed by atoms with Gasteiger partial charge in [0.25, 0.3) is 0 Å². The Morgan fingerprint density at radius 2 is 1.92 bits per heavy atom. The zero-order chi connectivity index (χ0) is 26.1. The molecule has 0 saturated heterocycles. The summed E-state index contributed by atoms with van der Waals surface area (Å²) in [5.41, 5.74) is 2.76. The van der Waals surface area contributed by atoms with Gasteiger partial charge in [0.15, 0.2) is 5.82 Å². The van der Waals surface area contributed by atoms with Gasteiger partial charge in [-0.15, -0.1) is 0 Å². The first-order valence-electron chi connectivity index (χ1n) is 11.9. The van der Waals surface area contributed by atoms with Crippen molar-refractivity contribution in [2.75, 3.05) is 37.4 Å². The number of rotatable bonds is 12. The molecule has 0 unspecified atom stereocenters. The molecule has 3 rings (SSSR count). The number of hydrogen-bond acceptors (Lipinski definition) is 6. The molecule has 192 valence electrons. The molecular weight excluding hydrogens is 463 g/mol. The smallest absolute Gasteiger partial charge is 0.244 e. The lowest BCUT2D eigenvalue weighted by Crippen LogP contribution is -2.33. The van der Waals surface area contributed by atoms with Crippen molar-refractivity contribution in [1.82, 2.24) is 19.7 Å². The second-order valence-electron chi connectivity index (χ2n) is 8.87. The van der Waals surface area contributed by atoms with Gasteiger partial charge in [-0.05, 0) is 30.5 Å². The van der Waals surface area contributed by atoms with Gasteiger partial charge in [-0.2, -0.15) is 5.10 Å². The van der Waals surface area contributed by atoms with Gasteiger partial charge >= 0.3 is 0 Å². The van der Waals surface area contributed by atoms with Gasteiger partial charge < -0.3 is 20.3 Å². The van der Waals surface area contributed by atoms with E-state index < -0.39 is 5.82 Å². The van der Waals surface area contributed by atoms with Gasteiger partial charge in [0.05, 0.1) is 30.3 Å². The van der Waals surface area contributed by atoms with E-state index in [1.165, 1.54) is 10.9 Å². The fourth-order valence-electron chi connectivity index (χ4n) is 3.43. The molecule has 0 aliphatic rings. The lowest BCUT2D eigenvalue weighted by atomic mass is 10.0. The van der Waals surface area contributed by atoms with Crippen molar-refractivity contribution in [3.63, 3.8) is 0 Å². The van der Waals surface area contributed by atoms with Gasteiger partial charge in [-0.25, -0.2) is 4.39 Å². The molecule has 10 heteroatoms. The maximum Gasteiger partial charge on any atom is 0.244 e. The van der Waals surface area contributed by atoms with Crippen LogP contribution in [0.25, 0.3) is 0 Å². The van der Waals surface area contributed by atoms with E-state index in [2.05, 4.69) is 20.7 Å². The van der Waals surface area contributed by atoms with Crippen molar-refractivity contribution < 1.29 is 18.7 Å². The van der Waals surface area contributed by atoms with E-state index in [1.54, 1.807) is 24.3 Å². The predicted octanol–water partition coefficient (Wildman–Crippen LogP) is 3.83. The molecule has 2 N–H and O–H groups in total. The molecule has 0 atom stereocenters. The molecule has 2 heterocycles. The highest BCUT2D eigenvalue weighted by Gasteiger charge is 2.14. The van der Waals surface area contributed by atoms with Crippen molar-refractivity contribution in [3.05, 3.63) is 66.0 Å². The highest BCUT2D eigenvalue weighted by Crippen LogP contribution is 2.25. The van der Waals surface area contributed by atoms with Gasteiger partial charge in [-0.3, -0.25) is 19.3 Å². The van der Waals surface area contributed by atoms with Crippen molar-refractivity contribution >= 4 is 23.2 Å². The Morgan fingerprint density at radius 3 is 2.64 bits per heavy atom. The minimum atomic E-state index is -0.445. The van der Waals surface area contributed by atoms with Crippen LogP contribution in [0, 0.1) is 12.7 Å². The second-order valence-corrected chi connectivity index (χ2v) is 8.87. The fourth-order valence-corrected chi connectivity index (χ4v) is 3.43. The molecular formula is C26H33FN6O3. The number of aryl methyl sites for hydroxylation is 1. The summed E-state index contributed by atoms with van der Waals surface area (Å²) in [4.78, 5) is 30.3. The van der Waals surface area contributed by atoms with Gasteiger partial charge in [0, 0.05) is 32.4 Å². The molecule has 9 nitrogen and oxygen atoms in total. The standard InChI is InChI=1S/C26H33FN6O3/c1-18(2)22-14-28-15-23(27)26(22)29-10-9-24(34)31-20-13-30-33(16-20)17-25(35)32(4)11-12-36-21-7-5-19(3)6-8-21/h5-8,13-16,18H,9-12,17H2,1-4H3,(H,28,29)(H,31,34). The molecule has 2 amide bonds. The van der Waals surface area contributed by atoms with Crippen LogP contribution in [0.15, 0.2) is 49.1 Å². The van der Waals surface area contributed by atoms with Crippen LogP contribution in [0.5, 0.6) is 5.75 Å². The summed E-state index contributed by atoms with van der Waals surface area (Å²) < 4.78 is 21.3. The Bertz CT molecular complexity index is 1160. The molecule has 0 aliphatic carbocycles. The summed E-state index contributed by atoms with van der Waals surface area (Å²) in [6.07, 6.45) is 5.99. The van der Waals surface area contributed by atoms with Crippen molar-refractivity contribution in [2.45, 2.75) is 39.7 Å². The van der Waals surface area contributed by atoms with Gasteiger partial charge in [0.1, 0.15) is 18.9 Å². The third-order valence-electron chi connectivity index (χ3n) is 5.56. The molecule has 0 bridgehead atoms. The van der Waals surface area contributed by atoms with Crippen LogP contribution in [0.2, 0.25) is 0 Å². The quantitative estimate of drug-likeness (QED) is 0.395. The van der Waals surface area contributed by atoms with Crippen molar-refractivity contribution in [3.8, 4) is 5.75 Å². The Kier molecular flexibility index (Phi) is 9.38. The van der Waals surface area contributed by atoms with E-state index in [1.807, 2.05) is 45.0 Å². The van der Waals surface area contributed by atoms with Crippen LogP contribution >= 0.6 is 0 Å². The molecule has 3 aromatic rings.